The number of unbranched alkanes of at least 4 members (excludes halogenated alkanes) is 1. The summed E-state index contributed by atoms with van der Waals surface area (Å²) in [5.74, 6) is 0.0992. The summed E-state index contributed by atoms with van der Waals surface area (Å²) < 4.78 is 41.3. The highest BCUT2D eigenvalue weighted by molar-refractivity contribution is 5.78. The van der Waals surface area contributed by atoms with Gasteiger partial charge in [-0.3, -0.25) is 4.79 Å². The minimum Gasteiger partial charge on any atom is -0.345 e. The highest BCUT2D eigenvalue weighted by Crippen LogP contribution is 2.30. The summed E-state index contributed by atoms with van der Waals surface area (Å²) in [7, 11) is 0. The lowest BCUT2D eigenvalue weighted by Crippen LogP contribution is -2.35. The average molecular weight is 471 g/mol. The van der Waals surface area contributed by atoms with Gasteiger partial charge in [0, 0.05) is 30.9 Å². The van der Waals surface area contributed by atoms with Crippen LogP contribution >= 0.6 is 0 Å². The van der Waals surface area contributed by atoms with Gasteiger partial charge in [-0.25, -0.2) is 0 Å². The van der Waals surface area contributed by atoms with E-state index in [1.165, 1.54) is 12.1 Å². The summed E-state index contributed by atoms with van der Waals surface area (Å²) in [5, 5.41) is 0. The van der Waals surface area contributed by atoms with Crippen LogP contribution in [0.15, 0.2) is 72.9 Å². The molecule has 0 aliphatic heterocycles. The third-order valence-corrected chi connectivity index (χ3v) is 6.16. The molecule has 0 fully saturated rings. The molecule has 0 radical (unpaired) electrons. The summed E-state index contributed by atoms with van der Waals surface area (Å²) >= 11 is 0. The van der Waals surface area contributed by atoms with E-state index in [1.54, 1.807) is 6.07 Å². The molecule has 0 saturated carbocycles. The zero-order valence-corrected chi connectivity index (χ0v) is 19.9. The van der Waals surface area contributed by atoms with Crippen molar-refractivity contribution in [1.29, 1.82) is 0 Å². The van der Waals surface area contributed by atoms with E-state index in [0.29, 0.717) is 25.2 Å². The van der Waals surface area contributed by atoms with Crippen molar-refractivity contribution in [2.75, 3.05) is 0 Å². The molecule has 3 rings (SSSR count). The van der Waals surface area contributed by atoms with Crippen LogP contribution in [-0.4, -0.2) is 15.4 Å². The lowest BCUT2D eigenvalue weighted by Gasteiger charge is -2.28. The molecule has 1 atom stereocenters. The van der Waals surface area contributed by atoms with Gasteiger partial charge >= 0.3 is 6.18 Å². The van der Waals surface area contributed by atoms with E-state index in [-0.39, 0.29) is 11.8 Å². The van der Waals surface area contributed by atoms with Gasteiger partial charge in [0.15, 0.2) is 0 Å². The number of alkyl halides is 3. The Labute approximate surface area is 200 Å². The van der Waals surface area contributed by atoms with Crippen LogP contribution in [-0.2, 0) is 30.6 Å². The third-order valence-electron chi connectivity index (χ3n) is 6.16. The van der Waals surface area contributed by atoms with Crippen LogP contribution in [0.4, 0.5) is 13.2 Å². The molecule has 34 heavy (non-hydrogen) atoms. The van der Waals surface area contributed by atoms with E-state index in [2.05, 4.69) is 13.8 Å². The fraction of sp³-hybridized carbons (Fsp3) is 0.393. The zero-order valence-electron chi connectivity index (χ0n) is 19.9. The average Bonchev–Trinajstić information content (AvgIpc) is 3.25. The van der Waals surface area contributed by atoms with Crippen molar-refractivity contribution >= 4 is 5.91 Å². The Morgan fingerprint density at radius 2 is 1.68 bits per heavy atom. The third kappa shape index (κ3) is 6.99. The lowest BCUT2D eigenvalue weighted by atomic mass is 9.97. The van der Waals surface area contributed by atoms with Crippen molar-refractivity contribution in [3.63, 3.8) is 0 Å². The Balaban J connectivity index is 1.83. The first-order valence-corrected chi connectivity index (χ1v) is 11.9. The van der Waals surface area contributed by atoms with Gasteiger partial charge in [-0.15, -0.1) is 0 Å². The molecule has 1 heterocycles. The van der Waals surface area contributed by atoms with Crippen LogP contribution in [0.25, 0.3) is 0 Å². The quantitative estimate of drug-likeness (QED) is 0.289. The predicted octanol–water partition coefficient (Wildman–Crippen LogP) is 7.30. The number of rotatable bonds is 11. The Bertz CT molecular complexity index is 1040. The van der Waals surface area contributed by atoms with Gasteiger partial charge < -0.3 is 9.47 Å². The molecule has 3 nitrogen and oxygen atoms in total. The van der Waals surface area contributed by atoms with Crippen molar-refractivity contribution in [3.8, 4) is 0 Å². The maximum atomic E-state index is 13.5. The molecule has 0 aliphatic carbocycles. The normalized spacial score (nSPS) is 12.5. The van der Waals surface area contributed by atoms with E-state index in [1.807, 2.05) is 58.1 Å². The Morgan fingerprint density at radius 1 is 0.941 bits per heavy atom. The van der Waals surface area contributed by atoms with Gasteiger partial charge in [0.05, 0.1) is 12.1 Å². The Hall–Kier alpha value is -3.02. The highest BCUT2D eigenvalue weighted by atomic mass is 19.4. The summed E-state index contributed by atoms with van der Waals surface area (Å²) in [4.78, 5) is 15.4. The fourth-order valence-electron chi connectivity index (χ4n) is 4.21. The number of hydrogen-bond acceptors (Lipinski definition) is 1. The molecule has 1 aromatic heterocycles. The molecule has 1 unspecified atom stereocenters. The van der Waals surface area contributed by atoms with Gasteiger partial charge in [-0.1, -0.05) is 69.2 Å². The maximum Gasteiger partial charge on any atom is 0.416 e. The van der Waals surface area contributed by atoms with Gasteiger partial charge in [0.1, 0.15) is 0 Å². The van der Waals surface area contributed by atoms with Gasteiger partial charge in [-0.05, 0) is 48.2 Å². The molecule has 0 saturated heterocycles. The number of benzene rings is 2. The predicted molar refractivity (Wildman–Crippen MR) is 129 cm³/mol. The molecule has 1 amide bonds. The van der Waals surface area contributed by atoms with Crippen molar-refractivity contribution in [2.24, 2.45) is 5.92 Å². The molecule has 0 N–H and O–H groups in total. The van der Waals surface area contributed by atoms with E-state index in [9.17, 15) is 18.0 Å². The van der Waals surface area contributed by atoms with Crippen LogP contribution in [0, 0.1) is 5.92 Å². The van der Waals surface area contributed by atoms with Crippen LogP contribution in [0.5, 0.6) is 0 Å². The summed E-state index contributed by atoms with van der Waals surface area (Å²) in [6.45, 7) is 5.39. The Kier molecular flexibility index (Phi) is 8.97. The minimum absolute atomic E-state index is 0.0319. The molecule has 0 aliphatic rings. The topological polar surface area (TPSA) is 25.2 Å². The number of halogens is 3. The first kappa shape index (κ1) is 25.6. The second-order valence-electron chi connectivity index (χ2n) is 8.75. The van der Waals surface area contributed by atoms with Crippen LogP contribution < -0.4 is 0 Å². The molecular weight excluding hydrogens is 437 g/mol. The van der Waals surface area contributed by atoms with Crippen molar-refractivity contribution in [3.05, 3.63) is 95.3 Å². The van der Waals surface area contributed by atoms with E-state index in [4.69, 9.17) is 0 Å². The second-order valence-corrected chi connectivity index (χ2v) is 8.75. The maximum absolute atomic E-state index is 13.5. The smallest absolute Gasteiger partial charge is 0.345 e. The zero-order chi connectivity index (χ0) is 24.6. The standard InChI is InChI=1S/C28H33F3N2O/c1-3-5-14-24(4-2)27(34)33(19-22-11-7-6-8-12-22)21-26-16-10-17-32(26)20-23-13-9-15-25(18-23)28(29,30)31/h6-13,15-18,24H,3-5,14,19-21H2,1-2H3. The van der Waals surface area contributed by atoms with Crippen molar-refractivity contribution in [1.82, 2.24) is 9.47 Å². The monoisotopic (exact) mass is 470 g/mol. The minimum atomic E-state index is -4.37. The first-order valence-electron chi connectivity index (χ1n) is 11.9. The van der Waals surface area contributed by atoms with Crippen molar-refractivity contribution in [2.45, 2.75) is 65.3 Å². The molecular formula is C28H33F3N2O. The number of carbonyl (C=O) groups is 1. The van der Waals surface area contributed by atoms with E-state index in [0.717, 1.165) is 43.0 Å². The lowest BCUT2D eigenvalue weighted by molar-refractivity contribution is -0.138. The summed E-state index contributed by atoms with van der Waals surface area (Å²) in [6.07, 6.45) is 1.19. The molecule has 2 aromatic carbocycles. The van der Waals surface area contributed by atoms with Gasteiger partial charge in [0.25, 0.3) is 0 Å². The SMILES string of the molecule is CCCCC(CC)C(=O)N(Cc1ccccc1)Cc1cccn1Cc1cccc(C(F)(F)F)c1. The molecule has 0 bridgehead atoms. The van der Waals surface area contributed by atoms with Crippen LogP contribution in [0.2, 0.25) is 0 Å². The Morgan fingerprint density at radius 3 is 2.35 bits per heavy atom. The molecule has 3 aromatic rings. The number of amides is 1. The molecule has 182 valence electrons. The van der Waals surface area contributed by atoms with Crippen LogP contribution in [0.3, 0.4) is 0 Å². The van der Waals surface area contributed by atoms with Crippen LogP contribution in [0.1, 0.15) is 61.9 Å². The summed E-state index contributed by atoms with van der Waals surface area (Å²) in [5.41, 5.74) is 1.87. The van der Waals surface area contributed by atoms with Gasteiger partial charge in [-0.2, -0.15) is 13.2 Å². The number of hydrogen-bond donors (Lipinski definition) is 0. The number of carbonyl (C=O) groups excluding carboxylic acids is 1. The second kappa shape index (κ2) is 11.9. The van der Waals surface area contributed by atoms with E-state index < -0.39 is 11.7 Å². The number of aromatic nitrogens is 1. The largest absolute Gasteiger partial charge is 0.416 e. The number of nitrogens with zero attached hydrogens (tertiary/aromatic N) is 2. The van der Waals surface area contributed by atoms with E-state index >= 15 is 0 Å². The fourth-order valence-corrected chi connectivity index (χ4v) is 4.21. The molecule has 0 spiro atoms. The summed E-state index contributed by atoms with van der Waals surface area (Å²) in [6, 6.07) is 19.1. The first-order chi connectivity index (χ1) is 16.3. The molecule has 6 heteroatoms. The van der Waals surface area contributed by atoms with Gasteiger partial charge in [0.2, 0.25) is 5.91 Å². The highest BCUT2D eigenvalue weighted by Gasteiger charge is 2.30. The van der Waals surface area contributed by atoms with Crippen molar-refractivity contribution < 1.29 is 18.0 Å².